The van der Waals surface area contributed by atoms with Gasteiger partial charge in [-0.15, -0.1) is 0 Å². The number of hydrogen-bond acceptors (Lipinski definition) is 4. The average Bonchev–Trinajstić information content (AvgIpc) is 2.59. The highest BCUT2D eigenvalue weighted by atomic mass is 16.5. The molecule has 4 heteroatoms. The van der Waals surface area contributed by atoms with Crippen LogP contribution in [0.4, 0.5) is 5.69 Å². The van der Waals surface area contributed by atoms with Crippen molar-refractivity contribution in [1.82, 2.24) is 0 Å². The first-order chi connectivity index (χ1) is 12.3. The number of benzene rings is 1. The molecule has 0 amide bonds. The highest BCUT2D eigenvalue weighted by Crippen LogP contribution is 2.56. The van der Waals surface area contributed by atoms with Crippen LogP contribution in [0.1, 0.15) is 39.4 Å². The third kappa shape index (κ3) is 3.16. The van der Waals surface area contributed by atoms with Gasteiger partial charge < -0.3 is 14.4 Å². The number of carbonyl (C=O) groups excluding carboxylic acids is 1. The summed E-state index contributed by atoms with van der Waals surface area (Å²) in [5.41, 5.74) is 3.64. The molecule has 3 rings (SSSR count). The van der Waals surface area contributed by atoms with Crippen molar-refractivity contribution in [2.24, 2.45) is 23.2 Å². The largest absolute Gasteiger partial charge is 0.465 e. The number of fused-ring (bicyclic) bond motifs is 2. The Morgan fingerprint density at radius 2 is 1.92 bits per heavy atom. The minimum absolute atomic E-state index is 0.0513. The lowest BCUT2D eigenvalue weighted by Gasteiger charge is -2.55. The van der Waals surface area contributed by atoms with Crippen LogP contribution < -0.4 is 4.90 Å². The number of rotatable bonds is 4. The summed E-state index contributed by atoms with van der Waals surface area (Å²) < 4.78 is 11.9. The normalized spacial score (nSPS) is 33.4. The van der Waals surface area contributed by atoms with Crippen LogP contribution in [0.15, 0.2) is 35.9 Å². The molecule has 1 saturated heterocycles. The van der Waals surface area contributed by atoms with Gasteiger partial charge in [-0.3, -0.25) is 4.79 Å². The number of allylic oxidation sites excluding steroid dienone is 1. The molecule has 1 aliphatic carbocycles. The summed E-state index contributed by atoms with van der Waals surface area (Å²) in [7, 11) is 4.10. The van der Waals surface area contributed by atoms with E-state index in [2.05, 4.69) is 56.0 Å². The fourth-order valence-electron chi connectivity index (χ4n) is 4.76. The lowest BCUT2D eigenvalue weighted by molar-refractivity contribution is -0.180. The van der Waals surface area contributed by atoms with Crippen LogP contribution in [-0.2, 0) is 14.3 Å². The quantitative estimate of drug-likeness (QED) is 0.597. The molecule has 4 unspecified atom stereocenters. The molecule has 2 aliphatic rings. The second-order valence-electron chi connectivity index (χ2n) is 8.24. The van der Waals surface area contributed by atoms with Crippen LogP contribution in [-0.4, -0.2) is 33.3 Å². The molecule has 1 fully saturated rings. The third-order valence-corrected chi connectivity index (χ3v) is 6.53. The fourth-order valence-corrected chi connectivity index (χ4v) is 4.76. The molecule has 26 heavy (non-hydrogen) atoms. The molecule has 0 aromatic heterocycles. The van der Waals surface area contributed by atoms with E-state index in [-0.39, 0.29) is 17.5 Å². The van der Waals surface area contributed by atoms with E-state index >= 15 is 0 Å². The molecule has 1 aromatic carbocycles. The Morgan fingerprint density at radius 3 is 2.50 bits per heavy atom. The van der Waals surface area contributed by atoms with Gasteiger partial charge in [0.15, 0.2) is 0 Å². The van der Waals surface area contributed by atoms with E-state index in [1.807, 2.05) is 14.1 Å². The smallest absolute Gasteiger partial charge is 0.302 e. The Labute approximate surface area is 157 Å². The lowest BCUT2D eigenvalue weighted by Crippen LogP contribution is -2.54. The van der Waals surface area contributed by atoms with Crippen molar-refractivity contribution >= 4 is 11.7 Å². The van der Waals surface area contributed by atoms with Gasteiger partial charge in [-0.1, -0.05) is 37.6 Å². The van der Waals surface area contributed by atoms with E-state index in [1.54, 1.807) is 0 Å². The third-order valence-electron chi connectivity index (χ3n) is 6.53. The molecule has 0 spiro atoms. The number of ether oxygens (including phenoxy) is 2. The van der Waals surface area contributed by atoms with Gasteiger partial charge in [0.25, 0.3) is 0 Å². The maximum absolute atomic E-state index is 11.4. The van der Waals surface area contributed by atoms with E-state index in [4.69, 9.17) is 9.47 Å². The summed E-state index contributed by atoms with van der Waals surface area (Å²) in [6.07, 6.45) is 2.41. The standard InChI is InChI=1S/C22H31NO3/c1-14-11-15(2)22(12-25-17(4)24)13-26-21(20(14)16(22)3)18-7-9-19(10-8-18)23(5)6/h7-11,15-16,20-21H,12-13H2,1-6H3/t15?,16?,20?,21?,22-/m1/s1. The number of esters is 1. The second kappa shape index (κ2) is 7.07. The minimum atomic E-state index is -0.219. The Hall–Kier alpha value is -1.81. The van der Waals surface area contributed by atoms with Crippen molar-refractivity contribution in [3.8, 4) is 0 Å². The first kappa shape index (κ1) is 19.0. The highest BCUT2D eigenvalue weighted by molar-refractivity contribution is 5.66. The molecule has 0 N–H and O–H groups in total. The first-order valence-corrected chi connectivity index (χ1v) is 9.47. The van der Waals surface area contributed by atoms with Crippen molar-refractivity contribution < 1.29 is 14.3 Å². The van der Waals surface area contributed by atoms with E-state index in [0.29, 0.717) is 31.0 Å². The van der Waals surface area contributed by atoms with Crippen LogP contribution in [0.2, 0.25) is 0 Å². The van der Waals surface area contributed by atoms with Gasteiger partial charge >= 0.3 is 5.97 Å². The molecule has 0 saturated carbocycles. The van der Waals surface area contributed by atoms with Crippen LogP contribution >= 0.6 is 0 Å². The van der Waals surface area contributed by atoms with E-state index < -0.39 is 0 Å². The van der Waals surface area contributed by atoms with Crippen LogP contribution in [0.5, 0.6) is 0 Å². The predicted octanol–water partition coefficient (Wildman–Crippen LogP) is 4.22. The summed E-state index contributed by atoms with van der Waals surface area (Å²) in [6, 6.07) is 8.65. The van der Waals surface area contributed by atoms with Crippen molar-refractivity contribution in [2.75, 3.05) is 32.2 Å². The topological polar surface area (TPSA) is 38.8 Å². The van der Waals surface area contributed by atoms with Crippen molar-refractivity contribution in [3.63, 3.8) is 0 Å². The van der Waals surface area contributed by atoms with Crippen molar-refractivity contribution in [3.05, 3.63) is 41.5 Å². The van der Waals surface area contributed by atoms with Gasteiger partial charge in [0.05, 0.1) is 19.3 Å². The number of hydrogen-bond donors (Lipinski definition) is 0. The zero-order valence-electron chi connectivity index (χ0n) is 16.8. The molecule has 4 nitrogen and oxygen atoms in total. The average molecular weight is 357 g/mol. The molecule has 142 valence electrons. The van der Waals surface area contributed by atoms with E-state index in [1.165, 1.54) is 23.7 Å². The highest BCUT2D eigenvalue weighted by Gasteiger charge is 2.54. The Kier molecular flexibility index (Phi) is 5.16. The lowest BCUT2D eigenvalue weighted by atomic mass is 9.56. The summed E-state index contributed by atoms with van der Waals surface area (Å²) >= 11 is 0. The maximum Gasteiger partial charge on any atom is 0.302 e. The van der Waals surface area contributed by atoms with Crippen molar-refractivity contribution in [1.29, 1.82) is 0 Å². The second-order valence-corrected chi connectivity index (χ2v) is 8.24. The SMILES string of the molecule is CC(=O)OC[C@@]12COC(c3ccc(N(C)C)cc3)C(C(C)=CC1C)C2C. The number of carbonyl (C=O) groups is 1. The molecular formula is C22H31NO3. The molecule has 5 atom stereocenters. The Balaban J connectivity index is 1.91. The molecule has 1 heterocycles. The Morgan fingerprint density at radius 1 is 1.27 bits per heavy atom. The van der Waals surface area contributed by atoms with E-state index in [0.717, 1.165) is 0 Å². The van der Waals surface area contributed by atoms with Gasteiger partial charge in [-0.2, -0.15) is 0 Å². The van der Waals surface area contributed by atoms with Gasteiger partial charge in [0, 0.05) is 38.0 Å². The van der Waals surface area contributed by atoms with Crippen LogP contribution in [0.25, 0.3) is 0 Å². The van der Waals surface area contributed by atoms with Gasteiger partial charge in [-0.25, -0.2) is 0 Å². The maximum atomic E-state index is 11.4. The Bertz CT molecular complexity index is 694. The summed E-state index contributed by atoms with van der Waals surface area (Å²) in [5.74, 6) is 0.794. The zero-order valence-corrected chi connectivity index (χ0v) is 16.8. The summed E-state index contributed by atoms with van der Waals surface area (Å²) in [6.45, 7) is 9.25. The predicted molar refractivity (Wildman–Crippen MR) is 104 cm³/mol. The summed E-state index contributed by atoms with van der Waals surface area (Å²) in [4.78, 5) is 13.5. The summed E-state index contributed by atoms with van der Waals surface area (Å²) in [5, 5.41) is 0. The first-order valence-electron chi connectivity index (χ1n) is 9.47. The van der Waals surface area contributed by atoms with E-state index in [9.17, 15) is 4.79 Å². The molecule has 0 radical (unpaired) electrons. The zero-order chi connectivity index (χ0) is 19.1. The molecular weight excluding hydrogens is 326 g/mol. The molecule has 1 aromatic rings. The number of nitrogens with zero attached hydrogens (tertiary/aromatic N) is 1. The van der Waals surface area contributed by atoms with Gasteiger partial charge in [0.2, 0.25) is 0 Å². The number of anilines is 1. The van der Waals surface area contributed by atoms with Gasteiger partial charge in [0.1, 0.15) is 0 Å². The van der Waals surface area contributed by atoms with Gasteiger partial charge in [-0.05, 0) is 36.5 Å². The molecule has 2 bridgehead atoms. The van der Waals surface area contributed by atoms with Crippen LogP contribution in [0, 0.1) is 23.2 Å². The monoisotopic (exact) mass is 357 g/mol. The van der Waals surface area contributed by atoms with Crippen molar-refractivity contribution in [2.45, 2.75) is 33.8 Å². The van der Waals surface area contributed by atoms with Crippen LogP contribution in [0.3, 0.4) is 0 Å². The minimum Gasteiger partial charge on any atom is -0.465 e. The fraction of sp³-hybridized carbons (Fsp3) is 0.591. The molecule has 1 aliphatic heterocycles.